The first-order valence-corrected chi connectivity index (χ1v) is 5.39. The van der Waals surface area contributed by atoms with E-state index in [0.29, 0.717) is 22.3 Å². The summed E-state index contributed by atoms with van der Waals surface area (Å²) >= 11 is 1.42. The lowest BCUT2D eigenvalue weighted by molar-refractivity contribution is 0.865. The van der Waals surface area contributed by atoms with Gasteiger partial charge in [-0.1, -0.05) is 0 Å². The smallest absolute Gasteiger partial charge is 0.212 e. The highest BCUT2D eigenvalue weighted by Gasteiger charge is 2.18. The quantitative estimate of drug-likeness (QED) is 0.832. The lowest BCUT2D eigenvalue weighted by atomic mass is 10.3. The first-order valence-electron chi connectivity index (χ1n) is 4.51. The minimum Gasteiger partial charge on any atom is -0.382 e. The molecule has 6 nitrogen and oxygen atoms in total. The fourth-order valence-corrected chi connectivity index (χ4v) is 1.91. The maximum atomic E-state index is 9.03. The molecule has 0 unspecified atom stereocenters. The molecular formula is C9H10N6S. The molecule has 2 heterocycles. The van der Waals surface area contributed by atoms with E-state index in [1.165, 1.54) is 16.0 Å². The van der Waals surface area contributed by atoms with E-state index in [1.807, 2.05) is 19.5 Å². The van der Waals surface area contributed by atoms with Crippen molar-refractivity contribution in [3.8, 4) is 11.2 Å². The van der Waals surface area contributed by atoms with E-state index >= 15 is 0 Å². The van der Waals surface area contributed by atoms with Gasteiger partial charge in [0.25, 0.3) is 0 Å². The Balaban J connectivity index is 2.62. The average molecular weight is 234 g/mol. The Bertz CT molecular complexity index is 533. The van der Waals surface area contributed by atoms with Crippen LogP contribution in [0.4, 0.5) is 11.6 Å². The highest BCUT2D eigenvalue weighted by molar-refractivity contribution is 7.12. The molecule has 0 aliphatic rings. The van der Waals surface area contributed by atoms with Crippen molar-refractivity contribution >= 4 is 23.0 Å². The summed E-state index contributed by atoms with van der Waals surface area (Å²) in [7, 11) is 3.63. The molecule has 0 saturated heterocycles. The number of anilines is 2. The third kappa shape index (κ3) is 1.49. The highest BCUT2D eigenvalue weighted by Crippen LogP contribution is 2.26. The Morgan fingerprint density at radius 2 is 2.31 bits per heavy atom. The number of hydrogen-bond donors (Lipinski definition) is 1. The van der Waals surface area contributed by atoms with Gasteiger partial charge in [0.15, 0.2) is 5.82 Å². The van der Waals surface area contributed by atoms with Crippen LogP contribution in [0, 0.1) is 11.3 Å². The minimum atomic E-state index is 0.321. The van der Waals surface area contributed by atoms with Crippen molar-refractivity contribution in [3.05, 3.63) is 17.1 Å². The van der Waals surface area contributed by atoms with E-state index in [-0.39, 0.29) is 0 Å². The summed E-state index contributed by atoms with van der Waals surface area (Å²) in [6, 6.07) is 2.05. The molecule has 2 aromatic heterocycles. The number of nitrogen functional groups attached to an aromatic ring is 1. The van der Waals surface area contributed by atoms with E-state index in [9.17, 15) is 0 Å². The van der Waals surface area contributed by atoms with Gasteiger partial charge in [0, 0.05) is 25.7 Å². The van der Waals surface area contributed by atoms with Crippen molar-refractivity contribution < 1.29 is 0 Å². The van der Waals surface area contributed by atoms with Crippen LogP contribution >= 0.6 is 11.3 Å². The van der Waals surface area contributed by atoms with E-state index in [0.717, 1.165) is 0 Å². The first-order chi connectivity index (χ1) is 7.65. The lowest BCUT2D eigenvalue weighted by Crippen LogP contribution is -2.11. The van der Waals surface area contributed by atoms with Crippen LogP contribution < -0.4 is 10.6 Å². The van der Waals surface area contributed by atoms with E-state index in [1.54, 1.807) is 11.1 Å². The third-order valence-electron chi connectivity index (χ3n) is 2.04. The largest absolute Gasteiger partial charge is 0.382 e. The molecule has 7 heteroatoms. The maximum absolute atomic E-state index is 9.03. The van der Waals surface area contributed by atoms with Crippen LogP contribution in [0.3, 0.4) is 0 Å². The van der Waals surface area contributed by atoms with Gasteiger partial charge < -0.3 is 10.6 Å². The number of aromatic nitrogens is 3. The zero-order valence-electron chi connectivity index (χ0n) is 8.88. The van der Waals surface area contributed by atoms with Gasteiger partial charge in [-0.2, -0.15) is 9.94 Å². The van der Waals surface area contributed by atoms with Gasteiger partial charge in [-0.15, -0.1) is 16.4 Å². The second kappa shape index (κ2) is 3.83. The Kier molecular flexibility index (Phi) is 2.50. The molecule has 0 radical (unpaired) electrons. The summed E-state index contributed by atoms with van der Waals surface area (Å²) in [5.41, 5.74) is 6.24. The number of nitriles is 1. The standard InChI is InChI=1S/C9H10N6S/c1-14(2)8-6(5-10)7(11)15(13-8)9-12-3-4-16-9/h3-4H,11H2,1-2H3. The van der Waals surface area contributed by atoms with E-state index < -0.39 is 0 Å². The molecule has 0 amide bonds. The summed E-state index contributed by atoms with van der Waals surface area (Å²) in [6.07, 6.45) is 1.67. The number of rotatable bonds is 2. The van der Waals surface area contributed by atoms with Crippen LogP contribution in [-0.2, 0) is 0 Å². The number of nitrogens with two attached hydrogens (primary N) is 1. The first kappa shape index (κ1) is 10.4. The molecular weight excluding hydrogens is 224 g/mol. The fourth-order valence-electron chi connectivity index (χ4n) is 1.31. The molecule has 82 valence electrons. The van der Waals surface area contributed by atoms with Crippen molar-refractivity contribution in [2.24, 2.45) is 0 Å². The molecule has 0 atom stereocenters. The normalized spacial score (nSPS) is 10.1. The zero-order valence-corrected chi connectivity index (χ0v) is 9.69. The maximum Gasteiger partial charge on any atom is 0.212 e. The van der Waals surface area contributed by atoms with Gasteiger partial charge in [-0.05, 0) is 0 Å². The second-order valence-corrected chi connectivity index (χ2v) is 4.19. The Morgan fingerprint density at radius 1 is 1.56 bits per heavy atom. The summed E-state index contributed by atoms with van der Waals surface area (Å²) < 4.78 is 1.48. The van der Waals surface area contributed by atoms with Gasteiger partial charge in [-0.25, -0.2) is 4.98 Å². The molecule has 0 saturated carbocycles. The van der Waals surface area contributed by atoms with E-state index in [4.69, 9.17) is 11.0 Å². The molecule has 0 aliphatic heterocycles. The molecule has 2 rings (SSSR count). The molecule has 0 aromatic carbocycles. The van der Waals surface area contributed by atoms with Crippen LogP contribution in [0.25, 0.3) is 5.13 Å². The SMILES string of the molecule is CN(C)c1nn(-c2nccs2)c(N)c1C#N. The molecule has 2 N–H and O–H groups in total. The van der Waals surface area contributed by atoms with Gasteiger partial charge in [0.2, 0.25) is 5.13 Å². The minimum absolute atomic E-state index is 0.321. The zero-order chi connectivity index (χ0) is 11.7. The van der Waals surface area contributed by atoms with Crippen molar-refractivity contribution in [1.29, 1.82) is 5.26 Å². The lowest BCUT2D eigenvalue weighted by Gasteiger charge is -2.06. The number of thiazole rings is 1. The Morgan fingerprint density at radius 3 is 2.75 bits per heavy atom. The van der Waals surface area contributed by atoms with Crippen LogP contribution in [0.1, 0.15) is 5.56 Å². The Labute approximate surface area is 96.5 Å². The van der Waals surface area contributed by atoms with Crippen molar-refractivity contribution in [2.75, 3.05) is 24.7 Å². The van der Waals surface area contributed by atoms with Gasteiger partial charge in [0.05, 0.1) is 0 Å². The second-order valence-electron chi connectivity index (χ2n) is 3.32. The predicted octanol–water partition coefficient (Wildman–Crippen LogP) is 0.849. The Hall–Kier alpha value is -2.07. The summed E-state index contributed by atoms with van der Waals surface area (Å²) in [6.45, 7) is 0. The predicted molar refractivity (Wildman–Crippen MR) is 62.7 cm³/mol. The summed E-state index contributed by atoms with van der Waals surface area (Å²) in [5, 5.41) is 15.8. The van der Waals surface area contributed by atoms with Crippen LogP contribution in [0.15, 0.2) is 11.6 Å². The average Bonchev–Trinajstić information content (AvgIpc) is 2.84. The van der Waals surface area contributed by atoms with Gasteiger partial charge in [-0.3, -0.25) is 0 Å². The molecule has 0 fully saturated rings. The highest BCUT2D eigenvalue weighted by atomic mass is 32.1. The number of nitrogens with zero attached hydrogens (tertiary/aromatic N) is 5. The fraction of sp³-hybridized carbons (Fsp3) is 0.222. The number of hydrogen-bond acceptors (Lipinski definition) is 6. The molecule has 16 heavy (non-hydrogen) atoms. The van der Waals surface area contributed by atoms with Crippen LogP contribution in [0.2, 0.25) is 0 Å². The molecule has 2 aromatic rings. The monoisotopic (exact) mass is 234 g/mol. The van der Waals surface area contributed by atoms with Gasteiger partial charge >= 0.3 is 0 Å². The van der Waals surface area contributed by atoms with Crippen molar-refractivity contribution in [1.82, 2.24) is 14.8 Å². The summed E-state index contributed by atoms with van der Waals surface area (Å²) in [4.78, 5) is 5.86. The van der Waals surface area contributed by atoms with Crippen LogP contribution in [-0.4, -0.2) is 28.9 Å². The van der Waals surface area contributed by atoms with Crippen LogP contribution in [0.5, 0.6) is 0 Å². The van der Waals surface area contributed by atoms with Crippen molar-refractivity contribution in [2.45, 2.75) is 0 Å². The van der Waals surface area contributed by atoms with Crippen molar-refractivity contribution in [3.63, 3.8) is 0 Å². The molecule has 0 aliphatic carbocycles. The third-order valence-corrected chi connectivity index (χ3v) is 2.79. The topological polar surface area (TPSA) is 83.8 Å². The van der Waals surface area contributed by atoms with Gasteiger partial charge in [0.1, 0.15) is 17.5 Å². The summed E-state index contributed by atoms with van der Waals surface area (Å²) in [5.74, 6) is 0.872. The molecule has 0 spiro atoms. The molecule has 0 bridgehead atoms. The van der Waals surface area contributed by atoms with E-state index in [2.05, 4.69) is 16.2 Å².